The van der Waals surface area contributed by atoms with Crippen molar-refractivity contribution < 1.29 is 18.0 Å². The molecular weight excluding hydrogens is 317 g/mol. The predicted octanol–water partition coefficient (Wildman–Crippen LogP) is 3.48. The first-order valence-corrected chi connectivity index (χ1v) is 8.44. The van der Waals surface area contributed by atoms with Crippen molar-refractivity contribution in [3.05, 3.63) is 35.4 Å². The number of alkyl halides is 3. The number of hydrogen-bond donors (Lipinski definition) is 1. The second kappa shape index (κ2) is 8.01. The molecule has 24 heavy (non-hydrogen) atoms. The highest BCUT2D eigenvalue weighted by Crippen LogP contribution is 2.29. The van der Waals surface area contributed by atoms with E-state index >= 15 is 0 Å². The Morgan fingerprint density at radius 1 is 1.25 bits per heavy atom. The molecule has 1 aliphatic heterocycles. The molecule has 1 saturated heterocycles. The van der Waals surface area contributed by atoms with Gasteiger partial charge in [0.1, 0.15) is 0 Å². The molecule has 0 aromatic heterocycles. The number of carbonyl (C=O) groups is 1. The van der Waals surface area contributed by atoms with E-state index in [-0.39, 0.29) is 17.9 Å². The lowest BCUT2D eigenvalue weighted by molar-refractivity contribution is -0.137. The van der Waals surface area contributed by atoms with Crippen molar-refractivity contribution in [2.75, 3.05) is 20.1 Å². The maximum absolute atomic E-state index is 12.6. The topological polar surface area (TPSA) is 32.3 Å². The molecule has 0 radical (unpaired) electrons. The summed E-state index contributed by atoms with van der Waals surface area (Å²) in [6.45, 7) is 3.88. The van der Waals surface area contributed by atoms with Gasteiger partial charge in [0, 0.05) is 12.0 Å². The number of hydrogen-bond acceptors (Lipinski definition) is 2. The summed E-state index contributed by atoms with van der Waals surface area (Å²) in [5, 5.41) is 3.10. The van der Waals surface area contributed by atoms with E-state index in [1.807, 2.05) is 6.92 Å². The minimum absolute atomic E-state index is 0.00644. The quantitative estimate of drug-likeness (QED) is 0.888. The Labute approximate surface area is 141 Å². The third-order valence-corrected chi connectivity index (χ3v) is 4.69. The summed E-state index contributed by atoms with van der Waals surface area (Å²) in [4.78, 5) is 14.7. The van der Waals surface area contributed by atoms with Gasteiger partial charge in [0.25, 0.3) is 0 Å². The Morgan fingerprint density at radius 2 is 1.83 bits per heavy atom. The number of nitrogens with one attached hydrogen (secondary N) is 1. The summed E-state index contributed by atoms with van der Waals surface area (Å²) in [5.41, 5.74) is 0.100. The van der Waals surface area contributed by atoms with E-state index in [1.165, 1.54) is 12.1 Å². The van der Waals surface area contributed by atoms with Crippen molar-refractivity contribution in [1.29, 1.82) is 0 Å². The number of nitrogens with zero attached hydrogens (tertiary/aromatic N) is 1. The van der Waals surface area contributed by atoms with Gasteiger partial charge in [-0.3, -0.25) is 4.79 Å². The van der Waals surface area contributed by atoms with Crippen molar-refractivity contribution in [2.45, 2.75) is 44.8 Å². The Balaban J connectivity index is 1.92. The zero-order chi connectivity index (χ0) is 17.7. The van der Waals surface area contributed by atoms with Gasteiger partial charge in [-0.25, -0.2) is 0 Å². The van der Waals surface area contributed by atoms with Crippen LogP contribution in [0.4, 0.5) is 13.2 Å². The van der Waals surface area contributed by atoms with Gasteiger partial charge in [-0.15, -0.1) is 0 Å². The van der Waals surface area contributed by atoms with E-state index in [9.17, 15) is 18.0 Å². The monoisotopic (exact) mass is 342 g/mol. The first kappa shape index (κ1) is 18.8. The molecular formula is C18H25F3N2O. The molecule has 1 amide bonds. The van der Waals surface area contributed by atoms with Crippen LogP contribution in [-0.2, 0) is 17.4 Å². The van der Waals surface area contributed by atoms with Crippen LogP contribution in [0.2, 0.25) is 0 Å². The van der Waals surface area contributed by atoms with Crippen molar-refractivity contribution in [2.24, 2.45) is 5.92 Å². The molecule has 1 aliphatic rings. The number of piperidine rings is 1. The standard InChI is InChI=1S/C18H25F3N2O/c1-3-14(17(24)22-16-8-10-23(2)11-9-16)12-13-4-6-15(7-5-13)18(19,20)21/h4-7,14,16H,3,8-12H2,1-2H3,(H,22,24)/t14-/m1/s1. The molecule has 1 atom stereocenters. The zero-order valence-electron chi connectivity index (χ0n) is 14.2. The van der Waals surface area contributed by atoms with E-state index in [1.54, 1.807) is 0 Å². The summed E-state index contributed by atoms with van der Waals surface area (Å²) < 4.78 is 37.8. The Hall–Kier alpha value is -1.56. The van der Waals surface area contributed by atoms with Crippen LogP contribution < -0.4 is 5.32 Å². The Morgan fingerprint density at radius 3 is 2.33 bits per heavy atom. The molecule has 0 saturated carbocycles. The highest BCUT2D eigenvalue weighted by atomic mass is 19.4. The second-order valence-electron chi connectivity index (χ2n) is 6.59. The number of amides is 1. The van der Waals surface area contributed by atoms with E-state index in [2.05, 4.69) is 17.3 Å². The SMILES string of the molecule is CC[C@H](Cc1ccc(C(F)(F)F)cc1)C(=O)NC1CCN(C)CC1. The molecule has 3 nitrogen and oxygen atoms in total. The number of likely N-dealkylation sites (tertiary alicyclic amines) is 1. The van der Waals surface area contributed by atoms with E-state index in [4.69, 9.17) is 0 Å². The summed E-state index contributed by atoms with van der Waals surface area (Å²) in [5.74, 6) is -0.201. The third kappa shape index (κ3) is 5.23. The van der Waals surface area contributed by atoms with Crippen molar-refractivity contribution >= 4 is 5.91 Å². The van der Waals surface area contributed by atoms with Crippen molar-refractivity contribution in [1.82, 2.24) is 10.2 Å². The Bertz CT molecular complexity index is 534. The van der Waals surface area contributed by atoms with Gasteiger partial charge in [-0.05, 0) is 63.5 Å². The lowest BCUT2D eigenvalue weighted by Crippen LogP contribution is -2.45. The fourth-order valence-electron chi connectivity index (χ4n) is 3.01. The third-order valence-electron chi connectivity index (χ3n) is 4.69. The molecule has 1 heterocycles. The Kier molecular flexibility index (Phi) is 6.27. The van der Waals surface area contributed by atoms with E-state index in [0.29, 0.717) is 12.8 Å². The van der Waals surface area contributed by atoms with Gasteiger partial charge in [0.2, 0.25) is 5.91 Å². The molecule has 1 aromatic carbocycles. The molecule has 2 rings (SSSR count). The summed E-state index contributed by atoms with van der Waals surface area (Å²) in [7, 11) is 2.07. The summed E-state index contributed by atoms with van der Waals surface area (Å²) in [6.07, 6.45) is -1.31. The normalized spacial score (nSPS) is 18.4. The highest BCUT2D eigenvalue weighted by molar-refractivity contribution is 5.79. The molecule has 0 spiro atoms. The summed E-state index contributed by atoms with van der Waals surface area (Å²) in [6, 6.07) is 5.30. The van der Waals surface area contributed by atoms with Crippen molar-refractivity contribution in [3.63, 3.8) is 0 Å². The molecule has 0 bridgehead atoms. The van der Waals surface area contributed by atoms with Gasteiger partial charge in [-0.1, -0.05) is 19.1 Å². The van der Waals surface area contributed by atoms with Crippen LogP contribution in [0.5, 0.6) is 0 Å². The molecule has 1 aromatic rings. The minimum atomic E-state index is -4.33. The van der Waals surface area contributed by atoms with Crippen LogP contribution >= 0.6 is 0 Å². The minimum Gasteiger partial charge on any atom is -0.353 e. The number of benzene rings is 1. The smallest absolute Gasteiger partial charge is 0.353 e. The van der Waals surface area contributed by atoms with Crippen LogP contribution in [0, 0.1) is 5.92 Å². The van der Waals surface area contributed by atoms with Gasteiger partial charge in [-0.2, -0.15) is 13.2 Å². The number of rotatable bonds is 5. The largest absolute Gasteiger partial charge is 0.416 e. The lowest BCUT2D eigenvalue weighted by atomic mass is 9.94. The predicted molar refractivity (Wildman–Crippen MR) is 87.6 cm³/mol. The van der Waals surface area contributed by atoms with E-state index < -0.39 is 11.7 Å². The van der Waals surface area contributed by atoms with E-state index in [0.717, 1.165) is 43.6 Å². The molecule has 0 aliphatic carbocycles. The van der Waals surface area contributed by atoms with Crippen LogP contribution in [0.3, 0.4) is 0 Å². The first-order chi connectivity index (χ1) is 11.3. The van der Waals surface area contributed by atoms with Crippen LogP contribution in [0.15, 0.2) is 24.3 Å². The van der Waals surface area contributed by atoms with Crippen molar-refractivity contribution in [3.8, 4) is 0 Å². The molecule has 134 valence electrons. The molecule has 1 N–H and O–H groups in total. The first-order valence-electron chi connectivity index (χ1n) is 8.44. The second-order valence-corrected chi connectivity index (χ2v) is 6.59. The summed E-state index contributed by atoms with van der Waals surface area (Å²) >= 11 is 0. The molecule has 0 unspecified atom stereocenters. The van der Waals surface area contributed by atoms with Crippen LogP contribution in [0.25, 0.3) is 0 Å². The van der Waals surface area contributed by atoms with Gasteiger partial charge in [0.15, 0.2) is 0 Å². The van der Waals surface area contributed by atoms with Crippen LogP contribution in [-0.4, -0.2) is 37.0 Å². The average Bonchev–Trinajstić information content (AvgIpc) is 2.54. The fourth-order valence-corrected chi connectivity index (χ4v) is 3.01. The van der Waals surface area contributed by atoms with Gasteiger partial charge < -0.3 is 10.2 Å². The zero-order valence-corrected chi connectivity index (χ0v) is 14.2. The molecule has 6 heteroatoms. The number of carbonyl (C=O) groups excluding carboxylic acids is 1. The van der Waals surface area contributed by atoms with Crippen LogP contribution in [0.1, 0.15) is 37.3 Å². The lowest BCUT2D eigenvalue weighted by Gasteiger charge is -2.30. The number of halogens is 3. The van der Waals surface area contributed by atoms with Gasteiger partial charge in [0.05, 0.1) is 5.56 Å². The molecule has 1 fully saturated rings. The highest BCUT2D eigenvalue weighted by Gasteiger charge is 2.30. The fraction of sp³-hybridized carbons (Fsp3) is 0.611. The average molecular weight is 342 g/mol. The maximum atomic E-state index is 12.6. The maximum Gasteiger partial charge on any atom is 0.416 e. The van der Waals surface area contributed by atoms with Gasteiger partial charge >= 0.3 is 6.18 Å².